The summed E-state index contributed by atoms with van der Waals surface area (Å²) in [6.07, 6.45) is 0. The largest absolute Gasteiger partial charge is 0.494 e. The minimum atomic E-state index is -3.17. The molecule has 1 rings (SSSR count). The quantitative estimate of drug-likeness (QED) is 0.802. The Labute approximate surface area is 128 Å². The van der Waals surface area contributed by atoms with Crippen LogP contribution in [0.2, 0.25) is 0 Å². The van der Waals surface area contributed by atoms with Gasteiger partial charge in [-0.05, 0) is 32.9 Å². The van der Waals surface area contributed by atoms with Crippen LogP contribution in [-0.2, 0) is 9.84 Å². The van der Waals surface area contributed by atoms with Crippen molar-refractivity contribution in [2.75, 3.05) is 19.4 Å². The van der Waals surface area contributed by atoms with Gasteiger partial charge in [0, 0.05) is 11.6 Å². The van der Waals surface area contributed by atoms with Gasteiger partial charge in [0.25, 0.3) is 0 Å². The third kappa shape index (κ3) is 4.71. The van der Waals surface area contributed by atoms with Crippen molar-refractivity contribution in [3.63, 3.8) is 0 Å². The molecule has 1 aromatic carbocycles. The highest BCUT2D eigenvalue weighted by atomic mass is 32.2. The zero-order chi connectivity index (χ0) is 16.0. The summed E-state index contributed by atoms with van der Waals surface area (Å²) in [5, 5.41) is 2.75. The van der Waals surface area contributed by atoms with Gasteiger partial charge >= 0.3 is 0 Å². The molecule has 0 aliphatic heterocycles. The Balaban J connectivity index is 3.04. The van der Waals surface area contributed by atoms with Crippen molar-refractivity contribution in [1.82, 2.24) is 5.32 Å². The molecule has 0 aromatic heterocycles. The second kappa shape index (κ2) is 7.80. The Morgan fingerprint density at radius 1 is 1.19 bits per heavy atom. The fourth-order valence-electron chi connectivity index (χ4n) is 2.18. The topological polar surface area (TPSA) is 55.4 Å². The lowest BCUT2D eigenvalue weighted by atomic mass is 10.1. The van der Waals surface area contributed by atoms with Crippen molar-refractivity contribution in [2.24, 2.45) is 5.92 Å². The van der Waals surface area contributed by atoms with Crippen LogP contribution in [0.5, 0.6) is 5.75 Å². The molecule has 0 saturated heterocycles. The van der Waals surface area contributed by atoms with Crippen LogP contribution in [0, 0.1) is 5.92 Å². The van der Waals surface area contributed by atoms with Gasteiger partial charge < -0.3 is 10.1 Å². The van der Waals surface area contributed by atoms with Crippen molar-refractivity contribution in [1.29, 1.82) is 0 Å². The average molecular weight is 313 g/mol. The molecule has 2 unspecified atom stereocenters. The van der Waals surface area contributed by atoms with E-state index >= 15 is 0 Å². The third-order valence-corrected chi connectivity index (χ3v) is 6.32. The number of rotatable bonds is 8. The highest BCUT2D eigenvalue weighted by molar-refractivity contribution is 7.92. The first kappa shape index (κ1) is 18.0. The predicted molar refractivity (Wildman–Crippen MR) is 87.5 cm³/mol. The number of hydrogen-bond acceptors (Lipinski definition) is 4. The summed E-state index contributed by atoms with van der Waals surface area (Å²) in [6, 6.07) is 7.33. The Kier molecular flexibility index (Phi) is 6.68. The van der Waals surface area contributed by atoms with Crippen molar-refractivity contribution in [3.05, 3.63) is 29.8 Å². The van der Waals surface area contributed by atoms with Crippen LogP contribution < -0.4 is 10.1 Å². The van der Waals surface area contributed by atoms with Crippen LogP contribution >= 0.6 is 0 Å². The van der Waals surface area contributed by atoms with Crippen LogP contribution in [0.4, 0.5) is 0 Å². The molecule has 120 valence electrons. The van der Waals surface area contributed by atoms with Gasteiger partial charge in [-0.2, -0.15) is 0 Å². The first-order chi connectivity index (χ1) is 9.83. The monoisotopic (exact) mass is 313 g/mol. The Morgan fingerprint density at radius 3 is 2.33 bits per heavy atom. The van der Waals surface area contributed by atoms with Gasteiger partial charge in [-0.25, -0.2) is 8.42 Å². The Hall–Kier alpha value is -1.07. The fraction of sp³-hybridized carbons (Fsp3) is 0.625. The van der Waals surface area contributed by atoms with E-state index in [9.17, 15) is 8.42 Å². The summed E-state index contributed by atoms with van der Waals surface area (Å²) in [5.74, 6) is 0.925. The fourth-order valence-corrected chi connectivity index (χ4v) is 4.13. The van der Waals surface area contributed by atoms with E-state index < -0.39 is 9.84 Å². The lowest BCUT2D eigenvalue weighted by molar-refractivity contribution is 0.333. The summed E-state index contributed by atoms with van der Waals surface area (Å²) in [7, 11) is -1.39. The van der Waals surface area contributed by atoms with Crippen molar-refractivity contribution in [2.45, 2.75) is 39.0 Å². The van der Waals surface area contributed by atoms with Gasteiger partial charge in [-0.1, -0.05) is 32.0 Å². The maximum Gasteiger partial charge on any atom is 0.155 e. The molecule has 1 N–H and O–H groups in total. The minimum absolute atomic E-state index is 0.0763. The Morgan fingerprint density at radius 2 is 1.81 bits per heavy atom. The van der Waals surface area contributed by atoms with E-state index in [2.05, 4.69) is 5.32 Å². The number of nitrogens with one attached hydrogen (secondary N) is 1. The van der Waals surface area contributed by atoms with Crippen molar-refractivity contribution < 1.29 is 13.2 Å². The molecule has 21 heavy (non-hydrogen) atoms. The standard InChI is InChI=1S/C16H27NO3S/c1-6-20-16-10-8-7-9-14(16)15(17-5)11-21(18,19)13(4)12(2)3/h7-10,12-13,15,17H,6,11H2,1-5H3. The highest BCUT2D eigenvalue weighted by Gasteiger charge is 2.28. The van der Waals surface area contributed by atoms with E-state index in [-0.39, 0.29) is 23.0 Å². The molecule has 4 nitrogen and oxygen atoms in total. The maximum atomic E-state index is 12.5. The minimum Gasteiger partial charge on any atom is -0.494 e. The number of para-hydroxylation sites is 1. The van der Waals surface area contributed by atoms with Gasteiger partial charge in [0.05, 0.1) is 17.6 Å². The van der Waals surface area contributed by atoms with Gasteiger partial charge in [-0.3, -0.25) is 0 Å². The van der Waals surface area contributed by atoms with Crippen LogP contribution in [0.1, 0.15) is 39.3 Å². The SMILES string of the molecule is CCOc1ccccc1C(CS(=O)(=O)C(C)C(C)C)NC. The highest BCUT2D eigenvalue weighted by Crippen LogP contribution is 2.27. The second-order valence-electron chi connectivity index (χ2n) is 5.59. The van der Waals surface area contributed by atoms with Crippen LogP contribution in [0.3, 0.4) is 0 Å². The molecule has 0 heterocycles. The summed E-state index contributed by atoms with van der Waals surface area (Å²) in [6.45, 7) is 8.13. The normalized spacial score (nSPS) is 15.0. The molecule has 0 radical (unpaired) electrons. The van der Waals surface area contributed by atoms with Gasteiger partial charge in [0.15, 0.2) is 9.84 Å². The molecule has 0 aliphatic carbocycles. The summed E-state index contributed by atoms with van der Waals surface area (Å²) < 4.78 is 30.6. The van der Waals surface area contributed by atoms with E-state index in [1.54, 1.807) is 14.0 Å². The smallest absolute Gasteiger partial charge is 0.155 e. The molecule has 0 spiro atoms. The molecule has 5 heteroatoms. The number of benzene rings is 1. The number of hydrogen-bond donors (Lipinski definition) is 1. The molecule has 0 fully saturated rings. The zero-order valence-corrected chi connectivity index (χ0v) is 14.4. The number of sulfone groups is 1. The van der Waals surface area contributed by atoms with E-state index in [4.69, 9.17) is 4.74 Å². The summed E-state index contributed by atoms with van der Waals surface area (Å²) in [4.78, 5) is 0. The van der Waals surface area contributed by atoms with E-state index in [0.717, 1.165) is 11.3 Å². The first-order valence-electron chi connectivity index (χ1n) is 7.44. The molecular formula is C16H27NO3S. The third-order valence-electron chi connectivity index (χ3n) is 3.85. The zero-order valence-electron chi connectivity index (χ0n) is 13.6. The van der Waals surface area contributed by atoms with E-state index in [1.807, 2.05) is 45.0 Å². The molecule has 0 amide bonds. The van der Waals surface area contributed by atoms with Gasteiger partial charge in [-0.15, -0.1) is 0 Å². The van der Waals surface area contributed by atoms with Crippen LogP contribution in [0.25, 0.3) is 0 Å². The molecule has 0 bridgehead atoms. The molecule has 0 saturated carbocycles. The molecule has 2 atom stereocenters. The average Bonchev–Trinajstić information content (AvgIpc) is 2.45. The second-order valence-corrected chi connectivity index (χ2v) is 7.99. The van der Waals surface area contributed by atoms with Crippen molar-refractivity contribution in [3.8, 4) is 5.75 Å². The maximum absolute atomic E-state index is 12.5. The van der Waals surface area contributed by atoms with Gasteiger partial charge in [0.1, 0.15) is 5.75 Å². The van der Waals surface area contributed by atoms with E-state index in [0.29, 0.717) is 6.61 Å². The van der Waals surface area contributed by atoms with Gasteiger partial charge in [0.2, 0.25) is 0 Å². The van der Waals surface area contributed by atoms with Crippen molar-refractivity contribution >= 4 is 9.84 Å². The lowest BCUT2D eigenvalue weighted by Gasteiger charge is -2.23. The Bertz CT molecular complexity index is 540. The summed E-state index contributed by atoms with van der Waals surface area (Å²) in [5.41, 5.74) is 0.890. The summed E-state index contributed by atoms with van der Waals surface area (Å²) >= 11 is 0. The molecule has 0 aliphatic rings. The van der Waals surface area contributed by atoms with Crippen LogP contribution in [0.15, 0.2) is 24.3 Å². The molecular weight excluding hydrogens is 286 g/mol. The predicted octanol–water partition coefficient (Wildman–Crippen LogP) is 2.81. The molecule has 1 aromatic rings. The van der Waals surface area contributed by atoms with E-state index in [1.165, 1.54) is 0 Å². The lowest BCUT2D eigenvalue weighted by Crippen LogP contribution is -2.33. The first-order valence-corrected chi connectivity index (χ1v) is 9.15. The van der Waals surface area contributed by atoms with Crippen LogP contribution in [-0.4, -0.2) is 33.1 Å². The number of ether oxygens (including phenoxy) is 1.